The van der Waals surface area contributed by atoms with E-state index in [2.05, 4.69) is 25.7 Å². The predicted molar refractivity (Wildman–Crippen MR) is 77.4 cm³/mol. The highest BCUT2D eigenvalue weighted by Gasteiger charge is 1.92. The van der Waals surface area contributed by atoms with Gasteiger partial charge in [-0.1, -0.05) is 50.6 Å². The smallest absolute Gasteiger partial charge is 0.330 e. The van der Waals surface area contributed by atoms with Gasteiger partial charge in [0, 0.05) is 6.08 Å². The summed E-state index contributed by atoms with van der Waals surface area (Å²) in [6, 6.07) is 0. The molecular weight excluding hydrogens is 224 g/mol. The second kappa shape index (κ2) is 13.8. The van der Waals surface area contributed by atoms with Crippen LogP contribution in [0.3, 0.4) is 0 Å². The molecule has 0 aromatic heterocycles. The Morgan fingerprint density at radius 1 is 1.06 bits per heavy atom. The quantitative estimate of drug-likeness (QED) is 0.232. The summed E-state index contributed by atoms with van der Waals surface area (Å²) in [5.41, 5.74) is 0. The lowest BCUT2D eigenvalue weighted by Gasteiger charge is -1.96. The first-order valence-corrected chi connectivity index (χ1v) is 6.90. The van der Waals surface area contributed by atoms with Crippen LogP contribution in [-0.2, 0) is 9.53 Å². The highest BCUT2D eigenvalue weighted by Crippen LogP contribution is 2.05. The number of esters is 1. The minimum atomic E-state index is -0.280. The number of hydrogen-bond donors (Lipinski definition) is 0. The fraction of sp³-hybridized carbons (Fsp3) is 0.562. The van der Waals surface area contributed by atoms with Crippen LogP contribution in [0.25, 0.3) is 0 Å². The van der Waals surface area contributed by atoms with Gasteiger partial charge in [0.2, 0.25) is 0 Å². The van der Waals surface area contributed by atoms with Crippen molar-refractivity contribution in [3.63, 3.8) is 0 Å². The van der Waals surface area contributed by atoms with Gasteiger partial charge in [0.15, 0.2) is 0 Å². The molecule has 0 aromatic carbocycles. The first-order chi connectivity index (χ1) is 8.81. The van der Waals surface area contributed by atoms with Gasteiger partial charge in [-0.05, 0) is 32.1 Å². The van der Waals surface area contributed by atoms with Crippen LogP contribution >= 0.6 is 0 Å². The maximum atomic E-state index is 11.1. The largest absolute Gasteiger partial charge is 0.458 e. The molecule has 102 valence electrons. The molecule has 18 heavy (non-hydrogen) atoms. The van der Waals surface area contributed by atoms with E-state index in [-0.39, 0.29) is 12.6 Å². The summed E-state index contributed by atoms with van der Waals surface area (Å²) in [5, 5.41) is 0. The second-order valence-electron chi connectivity index (χ2n) is 4.22. The lowest BCUT2D eigenvalue weighted by molar-refractivity contribution is -0.136. The van der Waals surface area contributed by atoms with E-state index in [9.17, 15) is 4.79 Å². The number of rotatable bonds is 11. The van der Waals surface area contributed by atoms with Crippen molar-refractivity contribution in [3.8, 4) is 0 Å². The summed E-state index contributed by atoms with van der Waals surface area (Å²) in [7, 11) is 0. The summed E-state index contributed by atoms with van der Waals surface area (Å²) >= 11 is 0. The maximum absolute atomic E-state index is 11.1. The second-order valence-corrected chi connectivity index (χ2v) is 4.22. The Kier molecular flexibility index (Phi) is 12.8. The zero-order valence-corrected chi connectivity index (χ0v) is 11.6. The lowest BCUT2D eigenvalue weighted by Crippen LogP contribution is -1.99. The van der Waals surface area contributed by atoms with Crippen molar-refractivity contribution < 1.29 is 9.53 Å². The van der Waals surface area contributed by atoms with E-state index in [0.717, 1.165) is 12.8 Å². The van der Waals surface area contributed by atoms with Crippen molar-refractivity contribution in [2.24, 2.45) is 0 Å². The van der Waals surface area contributed by atoms with Gasteiger partial charge in [0.05, 0.1) is 0 Å². The molecular formula is C16H26O2. The Morgan fingerprint density at radius 3 is 2.39 bits per heavy atom. The molecule has 0 atom stereocenters. The van der Waals surface area contributed by atoms with Crippen molar-refractivity contribution in [3.05, 3.63) is 37.0 Å². The highest BCUT2D eigenvalue weighted by molar-refractivity contribution is 5.81. The van der Waals surface area contributed by atoms with E-state index in [1.807, 2.05) is 6.08 Å². The van der Waals surface area contributed by atoms with Gasteiger partial charge in [0.25, 0.3) is 0 Å². The van der Waals surface area contributed by atoms with E-state index in [1.54, 1.807) is 6.08 Å². The van der Waals surface area contributed by atoms with Gasteiger partial charge in [-0.15, -0.1) is 0 Å². The number of unbranched alkanes of at least 4 members (excludes halogenated alkanes) is 5. The molecule has 0 aliphatic carbocycles. The first-order valence-electron chi connectivity index (χ1n) is 6.90. The Labute approximate surface area is 111 Å². The molecule has 0 saturated carbocycles. The van der Waals surface area contributed by atoms with Gasteiger partial charge < -0.3 is 4.74 Å². The normalized spacial score (nSPS) is 11.2. The summed E-state index contributed by atoms with van der Waals surface area (Å²) in [5.74, 6) is -0.280. The molecule has 0 heterocycles. The number of allylic oxidation sites excluding steroid dienone is 3. The summed E-state index contributed by atoms with van der Waals surface area (Å²) in [6.45, 7) is 5.96. The van der Waals surface area contributed by atoms with Gasteiger partial charge in [-0.3, -0.25) is 0 Å². The third-order valence-corrected chi connectivity index (χ3v) is 2.46. The number of ether oxygens (including phenoxy) is 1. The Morgan fingerprint density at radius 2 is 1.72 bits per heavy atom. The molecule has 0 N–H and O–H groups in total. The summed E-state index contributed by atoms with van der Waals surface area (Å²) in [6.07, 6.45) is 17.6. The van der Waals surface area contributed by atoms with Gasteiger partial charge in [-0.25, -0.2) is 4.79 Å². The van der Waals surface area contributed by atoms with E-state index >= 15 is 0 Å². The van der Waals surface area contributed by atoms with Crippen molar-refractivity contribution >= 4 is 5.97 Å². The molecule has 0 aromatic rings. The zero-order valence-electron chi connectivity index (χ0n) is 11.6. The van der Waals surface area contributed by atoms with E-state index in [0.29, 0.717) is 0 Å². The van der Waals surface area contributed by atoms with Crippen LogP contribution in [-0.4, -0.2) is 12.6 Å². The molecule has 0 unspecified atom stereocenters. The molecule has 0 spiro atoms. The molecule has 0 aliphatic heterocycles. The van der Waals surface area contributed by atoms with Crippen molar-refractivity contribution in [1.82, 2.24) is 0 Å². The van der Waals surface area contributed by atoms with Crippen molar-refractivity contribution in [2.75, 3.05) is 6.61 Å². The number of carbonyl (C=O) groups excluding carboxylic acids is 1. The van der Waals surface area contributed by atoms with Crippen LogP contribution in [0.4, 0.5) is 0 Å². The van der Waals surface area contributed by atoms with Crippen LogP contribution in [0.2, 0.25) is 0 Å². The molecule has 0 fully saturated rings. The Bertz CT molecular complexity index is 264. The molecule has 2 nitrogen and oxygen atoms in total. The minimum absolute atomic E-state index is 0.280. The number of carbonyl (C=O) groups is 1. The zero-order chi connectivity index (χ0) is 13.5. The van der Waals surface area contributed by atoms with Gasteiger partial charge in [0.1, 0.15) is 6.61 Å². The first kappa shape index (κ1) is 16.7. The third-order valence-electron chi connectivity index (χ3n) is 2.46. The van der Waals surface area contributed by atoms with Gasteiger partial charge in [-0.2, -0.15) is 0 Å². The molecule has 0 aliphatic rings. The lowest BCUT2D eigenvalue weighted by atomic mass is 10.1. The average molecular weight is 250 g/mol. The number of hydrogen-bond acceptors (Lipinski definition) is 2. The van der Waals surface area contributed by atoms with Crippen LogP contribution in [0.5, 0.6) is 0 Å². The average Bonchev–Trinajstić information content (AvgIpc) is 2.38. The minimum Gasteiger partial charge on any atom is -0.458 e. The molecule has 0 saturated heterocycles. The summed E-state index contributed by atoms with van der Waals surface area (Å²) < 4.78 is 4.82. The van der Waals surface area contributed by atoms with Crippen LogP contribution < -0.4 is 0 Å². The fourth-order valence-electron chi connectivity index (χ4n) is 1.47. The summed E-state index contributed by atoms with van der Waals surface area (Å²) in [4.78, 5) is 11.1. The fourth-order valence-corrected chi connectivity index (χ4v) is 1.47. The monoisotopic (exact) mass is 250 g/mol. The van der Waals surface area contributed by atoms with Crippen LogP contribution in [0.15, 0.2) is 37.0 Å². The highest BCUT2D eigenvalue weighted by atomic mass is 16.5. The maximum Gasteiger partial charge on any atom is 0.330 e. The van der Waals surface area contributed by atoms with Crippen molar-refractivity contribution in [2.45, 2.75) is 51.9 Å². The van der Waals surface area contributed by atoms with E-state index in [4.69, 9.17) is 4.74 Å². The van der Waals surface area contributed by atoms with E-state index in [1.165, 1.54) is 38.2 Å². The SMILES string of the molecule is C=CCOC(=O)C=CCCCCCC=CCCC. The van der Waals surface area contributed by atoms with Crippen molar-refractivity contribution in [1.29, 1.82) is 0 Å². The Hall–Kier alpha value is -1.31. The molecule has 0 radical (unpaired) electrons. The van der Waals surface area contributed by atoms with E-state index < -0.39 is 0 Å². The Balaban J connectivity index is 3.31. The topological polar surface area (TPSA) is 26.3 Å². The third kappa shape index (κ3) is 12.8. The molecule has 0 rings (SSSR count). The molecule has 2 heteroatoms. The standard InChI is InChI=1S/C16H26O2/c1-3-5-6-7-8-9-10-11-12-13-14-16(17)18-15-4-2/h4,6-7,13-14H,2-3,5,8-12,15H2,1H3. The predicted octanol–water partition coefficient (Wildman–Crippen LogP) is 4.58. The molecule has 0 amide bonds. The molecule has 0 bridgehead atoms. The van der Waals surface area contributed by atoms with Gasteiger partial charge >= 0.3 is 5.97 Å². The van der Waals surface area contributed by atoms with Crippen LogP contribution in [0.1, 0.15) is 51.9 Å². The van der Waals surface area contributed by atoms with Crippen LogP contribution in [0, 0.1) is 0 Å².